The number of aromatic nitrogens is 1. The topological polar surface area (TPSA) is 64.9 Å². The molecule has 0 aliphatic rings. The maximum atomic E-state index is 5.86. The molecule has 0 saturated heterocycles. The summed E-state index contributed by atoms with van der Waals surface area (Å²) in [4.78, 5) is 4.18. The van der Waals surface area contributed by atoms with Gasteiger partial charge in [0.05, 0.1) is 17.1 Å². The number of rotatable bonds is 1. The van der Waals surface area contributed by atoms with Crippen LogP contribution in [-0.4, -0.2) is 4.98 Å². The molecule has 0 atom stereocenters. The first kappa shape index (κ1) is 9.80. The van der Waals surface area contributed by atoms with Crippen LogP contribution in [-0.2, 0) is 0 Å². The molecule has 3 nitrogen and oxygen atoms in total. The summed E-state index contributed by atoms with van der Waals surface area (Å²) in [5.41, 5.74) is 14.2. The Bertz CT molecular complexity index is 497. The van der Waals surface area contributed by atoms with Gasteiger partial charge in [0.15, 0.2) is 0 Å². The molecular formula is C11H10ClN3. The summed E-state index contributed by atoms with van der Waals surface area (Å²) in [6, 6.07) is 10.8. The first-order chi connectivity index (χ1) is 7.18. The molecule has 1 heterocycles. The zero-order chi connectivity index (χ0) is 10.8. The van der Waals surface area contributed by atoms with Gasteiger partial charge in [-0.05, 0) is 18.2 Å². The SMILES string of the molecule is Nc1cccc(-c2cccc(Cl)n2)c1N. The number of hydrogen-bond donors (Lipinski definition) is 2. The highest BCUT2D eigenvalue weighted by molar-refractivity contribution is 6.29. The van der Waals surface area contributed by atoms with Gasteiger partial charge in [0.2, 0.25) is 0 Å². The molecule has 0 spiro atoms. The number of halogens is 1. The van der Waals surface area contributed by atoms with Crippen molar-refractivity contribution in [1.29, 1.82) is 0 Å². The molecule has 0 saturated carbocycles. The van der Waals surface area contributed by atoms with Crippen LogP contribution in [0.15, 0.2) is 36.4 Å². The molecule has 0 bridgehead atoms. The minimum atomic E-state index is 0.439. The molecule has 2 aromatic rings. The van der Waals surface area contributed by atoms with E-state index in [2.05, 4.69) is 4.98 Å². The van der Waals surface area contributed by atoms with Crippen LogP contribution >= 0.6 is 11.6 Å². The number of benzene rings is 1. The van der Waals surface area contributed by atoms with Crippen LogP contribution in [0.25, 0.3) is 11.3 Å². The molecule has 76 valence electrons. The third-order valence-corrected chi connectivity index (χ3v) is 2.34. The van der Waals surface area contributed by atoms with Gasteiger partial charge >= 0.3 is 0 Å². The summed E-state index contributed by atoms with van der Waals surface area (Å²) in [7, 11) is 0. The molecule has 0 aliphatic carbocycles. The predicted molar refractivity (Wildman–Crippen MR) is 63.5 cm³/mol. The Morgan fingerprint density at radius 1 is 1.00 bits per heavy atom. The lowest BCUT2D eigenvalue weighted by molar-refractivity contribution is 1.33. The van der Waals surface area contributed by atoms with Crippen LogP contribution in [0.3, 0.4) is 0 Å². The second kappa shape index (κ2) is 3.79. The Morgan fingerprint density at radius 2 is 1.73 bits per heavy atom. The largest absolute Gasteiger partial charge is 0.397 e. The third kappa shape index (κ3) is 1.87. The van der Waals surface area contributed by atoms with Crippen molar-refractivity contribution in [2.45, 2.75) is 0 Å². The Labute approximate surface area is 92.7 Å². The lowest BCUT2D eigenvalue weighted by Crippen LogP contribution is -1.97. The number of nitrogens with two attached hydrogens (primary N) is 2. The number of nitrogens with zero attached hydrogens (tertiary/aromatic N) is 1. The van der Waals surface area contributed by atoms with Gasteiger partial charge in [0, 0.05) is 5.56 Å². The molecule has 0 fully saturated rings. The predicted octanol–water partition coefficient (Wildman–Crippen LogP) is 2.57. The molecular weight excluding hydrogens is 210 g/mol. The van der Waals surface area contributed by atoms with Crippen LogP contribution < -0.4 is 11.5 Å². The molecule has 0 aliphatic heterocycles. The van der Waals surface area contributed by atoms with Gasteiger partial charge in [-0.3, -0.25) is 0 Å². The van der Waals surface area contributed by atoms with Gasteiger partial charge in [0.1, 0.15) is 5.15 Å². The van der Waals surface area contributed by atoms with E-state index in [1.165, 1.54) is 0 Å². The Balaban J connectivity index is 2.59. The first-order valence-corrected chi connectivity index (χ1v) is 4.83. The van der Waals surface area contributed by atoms with E-state index in [1.54, 1.807) is 12.1 Å². The molecule has 4 N–H and O–H groups in total. The van der Waals surface area contributed by atoms with E-state index in [0.717, 1.165) is 11.3 Å². The van der Waals surface area contributed by atoms with Gasteiger partial charge in [-0.25, -0.2) is 4.98 Å². The summed E-state index contributed by atoms with van der Waals surface area (Å²) in [5, 5.41) is 0.439. The highest BCUT2D eigenvalue weighted by Crippen LogP contribution is 2.29. The average Bonchev–Trinajstić information content (AvgIpc) is 2.22. The van der Waals surface area contributed by atoms with E-state index in [1.807, 2.05) is 24.3 Å². The quantitative estimate of drug-likeness (QED) is 0.572. The summed E-state index contributed by atoms with van der Waals surface area (Å²) in [6.45, 7) is 0. The molecule has 1 aromatic carbocycles. The number of anilines is 2. The normalized spacial score (nSPS) is 10.2. The number of nitrogen functional groups attached to an aromatic ring is 2. The van der Waals surface area contributed by atoms with E-state index in [0.29, 0.717) is 16.5 Å². The van der Waals surface area contributed by atoms with Crippen molar-refractivity contribution in [3.63, 3.8) is 0 Å². The van der Waals surface area contributed by atoms with Crippen molar-refractivity contribution in [2.24, 2.45) is 0 Å². The summed E-state index contributed by atoms with van der Waals surface area (Å²) < 4.78 is 0. The van der Waals surface area contributed by atoms with Gasteiger partial charge in [-0.1, -0.05) is 29.8 Å². The second-order valence-corrected chi connectivity index (χ2v) is 3.54. The van der Waals surface area contributed by atoms with Crippen LogP contribution in [0.5, 0.6) is 0 Å². The lowest BCUT2D eigenvalue weighted by atomic mass is 10.1. The maximum absolute atomic E-state index is 5.86. The van der Waals surface area contributed by atoms with Gasteiger partial charge in [0.25, 0.3) is 0 Å². The minimum Gasteiger partial charge on any atom is -0.397 e. The summed E-state index contributed by atoms with van der Waals surface area (Å²) in [5.74, 6) is 0. The smallest absolute Gasteiger partial charge is 0.129 e. The van der Waals surface area contributed by atoms with Crippen molar-refractivity contribution < 1.29 is 0 Å². The van der Waals surface area contributed by atoms with Gasteiger partial charge in [-0.2, -0.15) is 0 Å². The zero-order valence-electron chi connectivity index (χ0n) is 7.94. The monoisotopic (exact) mass is 219 g/mol. The Kier molecular flexibility index (Phi) is 2.47. The van der Waals surface area contributed by atoms with Crippen LogP contribution in [0.2, 0.25) is 5.15 Å². The van der Waals surface area contributed by atoms with E-state index in [9.17, 15) is 0 Å². The van der Waals surface area contributed by atoms with Crippen LogP contribution in [0, 0.1) is 0 Å². The second-order valence-electron chi connectivity index (χ2n) is 3.15. The fraction of sp³-hybridized carbons (Fsp3) is 0. The number of para-hydroxylation sites is 1. The van der Waals surface area contributed by atoms with E-state index in [-0.39, 0.29) is 0 Å². The van der Waals surface area contributed by atoms with Crippen molar-refractivity contribution in [2.75, 3.05) is 11.5 Å². The molecule has 4 heteroatoms. The lowest BCUT2D eigenvalue weighted by Gasteiger charge is -2.07. The fourth-order valence-corrected chi connectivity index (χ4v) is 1.53. The van der Waals surface area contributed by atoms with Crippen LogP contribution in [0.1, 0.15) is 0 Å². The molecule has 0 radical (unpaired) electrons. The molecule has 2 rings (SSSR count). The van der Waals surface area contributed by atoms with Crippen molar-refractivity contribution in [3.8, 4) is 11.3 Å². The van der Waals surface area contributed by atoms with Crippen molar-refractivity contribution in [3.05, 3.63) is 41.6 Å². The third-order valence-electron chi connectivity index (χ3n) is 2.13. The Hall–Kier alpha value is -1.74. The summed E-state index contributed by atoms with van der Waals surface area (Å²) >= 11 is 5.80. The van der Waals surface area contributed by atoms with E-state index < -0.39 is 0 Å². The minimum absolute atomic E-state index is 0.439. The number of hydrogen-bond acceptors (Lipinski definition) is 3. The Morgan fingerprint density at radius 3 is 2.47 bits per heavy atom. The molecule has 0 amide bonds. The van der Waals surface area contributed by atoms with E-state index in [4.69, 9.17) is 23.1 Å². The fourth-order valence-electron chi connectivity index (χ4n) is 1.36. The number of pyridine rings is 1. The maximum Gasteiger partial charge on any atom is 0.129 e. The first-order valence-electron chi connectivity index (χ1n) is 4.45. The zero-order valence-corrected chi connectivity index (χ0v) is 8.70. The van der Waals surface area contributed by atoms with Crippen LogP contribution in [0.4, 0.5) is 11.4 Å². The highest BCUT2D eigenvalue weighted by Gasteiger charge is 2.06. The molecule has 1 aromatic heterocycles. The van der Waals surface area contributed by atoms with Gasteiger partial charge in [-0.15, -0.1) is 0 Å². The van der Waals surface area contributed by atoms with Crippen molar-refractivity contribution in [1.82, 2.24) is 4.98 Å². The molecule has 15 heavy (non-hydrogen) atoms. The van der Waals surface area contributed by atoms with E-state index >= 15 is 0 Å². The van der Waals surface area contributed by atoms with Gasteiger partial charge < -0.3 is 11.5 Å². The molecule has 0 unspecified atom stereocenters. The standard InChI is InChI=1S/C11H10ClN3/c12-10-6-2-5-9(15-10)7-3-1-4-8(13)11(7)14/h1-6H,13-14H2. The van der Waals surface area contributed by atoms with Crippen molar-refractivity contribution >= 4 is 23.0 Å². The summed E-state index contributed by atoms with van der Waals surface area (Å²) in [6.07, 6.45) is 0. The average molecular weight is 220 g/mol. The highest BCUT2D eigenvalue weighted by atomic mass is 35.5.